The van der Waals surface area contributed by atoms with E-state index in [2.05, 4.69) is 25.7 Å². The van der Waals surface area contributed by atoms with Gasteiger partial charge in [0.15, 0.2) is 0 Å². The van der Waals surface area contributed by atoms with Crippen molar-refractivity contribution in [2.24, 2.45) is 0 Å². The van der Waals surface area contributed by atoms with Crippen molar-refractivity contribution >= 4 is 60.4 Å². The molecule has 0 bridgehead atoms. The van der Waals surface area contributed by atoms with E-state index >= 15 is 0 Å². The van der Waals surface area contributed by atoms with Gasteiger partial charge in [-0.3, -0.25) is 0 Å². The fraction of sp³-hybridized carbons (Fsp3) is 1.00. The molecule has 29 heavy (non-hydrogen) atoms. The maximum atomic E-state index is 4.83. The third-order valence-corrected chi connectivity index (χ3v) is 5.36. The quantitative estimate of drug-likeness (QED) is 0.0919. The number of hydrogen-bond donors (Lipinski definition) is 0. The molecule has 4 heteroatoms. The Labute approximate surface area is 217 Å². The van der Waals surface area contributed by atoms with Crippen molar-refractivity contribution in [1.29, 1.82) is 0 Å². The summed E-state index contributed by atoms with van der Waals surface area (Å²) in [6.45, 7) is 6.73. The Morgan fingerprint density at radius 3 is 0.690 bits per heavy atom. The van der Waals surface area contributed by atoms with Crippen LogP contribution in [0, 0.1) is 0 Å². The minimum atomic E-state index is 0.951. The average Bonchev–Trinajstić information content (AvgIpc) is 2.76. The summed E-state index contributed by atoms with van der Waals surface area (Å²) in [7, 11) is 0. The van der Waals surface area contributed by atoms with Gasteiger partial charge in [-0.05, 0) is 0 Å². The van der Waals surface area contributed by atoms with Gasteiger partial charge in [0.2, 0.25) is 0 Å². The summed E-state index contributed by atoms with van der Waals surface area (Å²) in [4.78, 5) is 2.09. The summed E-state index contributed by atoms with van der Waals surface area (Å²) in [5.74, 6) is 2.85. The summed E-state index contributed by atoms with van der Waals surface area (Å²) < 4.78 is 0. The summed E-state index contributed by atoms with van der Waals surface area (Å²) in [5.41, 5.74) is 0. The van der Waals surface area contributed by atoms with Crippen molar-refractivity contribution in [1.82, 2.24) is 0 Å². The molecular formula is C25H54S3Sn. The van der Waals surface area contributed by atoms with Crippen LogP contribution in [0.3, 0.4) is 0 Å². The molecule has 0 aliphatic rings. The van der Waals surface area contributed by atoms with Crippen LogP contribution in [0.1, 0.15) is 136 Å². The summed E-state index contributed by atoms with van der Waals surface area (Å²) >= 11 is 16.0. The molecule has 0 aliphatic carbocycles. The maximum absolute atomic E-state index is 4.83. The molecule has 0 fully saturated rings. The molecule has 0 amide bonds. The molecule has 0 saturated carbocycles. The van der Waals surface area contributed by atoms with Gasteiger partial charge in [-0.15, -0.1) is 0 Å². The predicted octanol–water partition coefficient (Wildman–Crippen LogP) is 8.88. The first-order chi connectivity index (χ1) is 14.2. The third kappa shape index (κ3) is 58.8. The number of hydrogen-bond acceptors (Lipinski definition) is 3. The van der Waals surface area contributed by atoms with Crippen LogP contribution in [-0.2, 0) is 37.9 Å². The fourth-order valence-corrected chi connectivity index (χ4v) is 3.26. The fourth-order valence-electron chi connectivity index (χ4n) is 2.65. The molecular weight excluding hydrogens is 515 g/mol. The van der Waals surface area contributed by atoms with Crippen LogP contribution in [0.25, 0.3) is 0 Å². The van der Waals surface area contributed by atoms with E-state index in [9.17, 15) is 0 Å². The molecule has 0 spiro atoms. The Kier molecular flexibility index (Phi) is 62.6. The van der Waals surface area contributed by atoms with Crippen LogP contribution in [0.2, 0.25) is 4.94 Å². The van der Waals surface area contributed by atoms with Gasteiger partial charge < -0.3 is 37.9 Å². The standard InChI is InChI=1S/3C8H18S.CH3.Sn/c3*1-2-3-4-5-6-7-8-9;;/h3*9H,2-8H2,1H3;1H3;/q;;;;+3/p-3. The van der Waals surface area contributed by atoms with Crippen molar-refractivity contribution in [3.8, 4) is 0 Å². The van der Waals surface area contributed by atoms with Crippen LogP contribution in [0.15, 0.2) is 0 Å². The molecule has 0 rings (SSSR count). The Balaban J connectivity index is -0.000000155. The van der Waals surface area contributed by atoms with E-state index in [-0.39, 0.29) is 0 Å². The van der Waals surface area contributed by atoms with Gasteiger partial charge in [0.25, 0.3) is 0 Å². The van der Waals surface area contributed by atoms with Crippen molar-refractivity contribution in [2.45, 2.75) is 141 Å². The Morgan fingerprint density at radius 2 is 0.517 bits per heavy atom. The van der Waals surface area contributed by atoms with Crippen molar-refractivity contribution in [3.05, 3.63) is 0 Å². The molecule has 176 valence electrons. The third-order valence-electron chi connectivity index (χ3n) is 4.49. The summed E-state index contributed by atoms with van der Waals surface area (Å²) in [5, 5.41) is 0. The van der Waals surface area contributed by atoms with E-state index in [0.717, 1.165) is 17.3 Å². The first-order valence-electron chi connectivity index (χ1n) is 12.5. The van der Waals surface area contributed by atoms with Crippen LogP contribution < -0.4 is 0 Å². The van der Waals surface area contributed by atoms with Gasteiger partial charge in [-0.25, -0.2) is 0 Å². The predicted molar refractivity (Wildman–Crippen MR) is 148 cm³/mol. The van der Waals surface area contributed by atoms with E-state index in [1.54, 1.807) is 22.5 Å². The first kappa shape index (κ1) is 38.1. The Morgan fingerprint density at radius 1 is 0.345 bits per heavy atom. The van der Waals surface area contributed by atoms with Crippen LogP contribution in [0.4, 0.5) is 0 Å². The topological polar surface area (TPSA) is 0 Å². The molecule has 0 heterocycles. The molecule has 0 N–H and O–H groups in total. The van der Waals surface area contributed by atoms with Gasteiger partial charge in [-0.2, -0.15) is 17.3 Å². The van der Waals surface area contributed by atoms with E-state index in [1.807, 2.05) is 0 Å². The normalized spacial score (nSPS) is 9.55. The van der Waals surface area contributed by atoms with Crippen molar-refractivity contribution < 1.29 is 0 Å². The number of unbranched alkanes of at least 4 members (excludes halogenated alkanes) is 15. The molecule has 0 atom stereocenters. The second kappa shape index (κ2) is 47.6. The van der Waals surface area contributed by atoms with E-state index < -0.39 is 0 Å². The zero-order chi connectivity index (χ0) is 22.8. The minimum absolute atomic E-state index is 0.951. The van der Waals surface area contributed by atoms with Gasteiger partial charge >= 0.3 is 27.5 Å². The molecule has 0 aliphatic heterocycles. The van der Waals surface area contributed by atoms with Crippen LogP contribution in [-0.4, -0.2) is 39.8 Å². The van der Waals surface area contributed by atoms with E-state index in [1.165, 1.54) is 116 Å². The monoisotopic (exact) mass is 570 g/mol. The zero-order valence-corrected chi connectivity index (χ0v) is 25.9. The molecule has 0 unspecified atom stereocenters. The molecule has 0 radical (unpaired) electrons. The zero-order valence-electron chi connectivity index (χ0n) is 20.6. The number of rotatable bonds is 18. The van der Waals surface area contributed by atoms with Crippen LogP contribution >= 0.6 is 0 Å². The SMILES string of the molecule is CCCCCCCC[S-].CCCCCCCC[S-].CCCCCCCC[S-].[CH3][Sn+3]. The van der Waals surface area contributed by atoms with Crippen LogP contribution in [0.5, 0.6) is 0 Å². The van der Waals surface area contributed by atoms with E-state index in [4.69, 9.17) is 37.9 Å². The summed E-state index contributed by atoms with van der Waals surface area (Å²) in [6.07, 6.45) is 24.4. The van der Waals surface area contributed by atoms with E-state index in [0.29, 0.717) is 0 Å². The van der Waals surface area contributed by atoms with Crippen molar-refractivity contribution in [3.63, 3.8) is 0 Å². The van der Waals surface area contributed by atoms with Gasteiger partial charge in [-0.1, -0.05) is 136 Å². The second-order valence-corrected chi connectivity index (χ2v) is 8.64. The van der Waals surface area contributed by atoms with Gasteiger partial charge in [0.1, 0.15) is 0 Å². The summed E-state index contributed by atoms with van der Waals surface area (Å²) in [6, 6.07) is 0. The molecule has 0 aromatic rings. The average molecular weight is 570 g/mol. The molecule has 0 aromatic carbocycles. The molecule has 0 nitrogen and oxygen atoms in total. The Bertz CT molecular complexity index is 153. The van der Waals surface area contributed by atoms with Gasteiger partial charge in [0, 0.05) is 0 Å². The Hall–Kier alpha value is 1.85. The molecule has 0 saturated heterocycles. The van der Waals surface area contributed by atoms with Gasteiger partial charge in [0.05, 0.1) is 0 Å². The molecule has 0 aromatic heterocycles. The first-order valence-corrected chi connectivity index (χ1v) is 17.1. The second-order valence-electron chi connectivity index (χ2n) is 7.42. The van der Waals surface area contributed by atoms with Crippen molar-refractivity contribution in [2.75, 3.05) is 17.3 Å².